The molecular weight excluding hydrogens is 209 g/mol. The molecule has 0 aliphatic rings. The largest absolute Gasteiger partial charge is 0.349 e. The van der Waals surface area contributed by atoms with Gasteiger partial charge in [0.1, 0.15) is 11.5 Å². The van der Waals surface area contributed by atoms with Crippen molar-refractivity contribution in [1.82, 2.24) is 15.6 Å². The zero-order valence-corrected chi connectivity index (χ0v) is 9.46. The Bertz CT molecular complexity index is 338. The minimum Gasteiger partial charge on any atom is -0.349 e. The molecule has 1 heterocycles. The van der Waals surface area contributed by atoms with E-state index in [0.29, 0.717) is 19.1 Å². The van der Waals surface area contributed by atoms with Crippen LogP contribution in [0.2, 0.25) is 0 Å². The van der Waals surface area contributed by atoms with Gasteiger partial charge in [-0.25, -0.2) is 9.37 Å². The smallest absolute Gasteiger partial charge is 0.269 e. The molecule has 1 rings (SSSR count). The fraction of sp³-hybridized carbons (Fsp3) is 0.455. The van der Waals surface area contributed by atoms with E-state index in [0.717, 1.165) is 6.20 Å². The predicted molar refractivity (Wildman–Crippen MR) is 59.7 cm³/mol. The van der Waals surface area contributed by atoms with Crippen LogP contribution in [0.1, 0.15) is 24.3 Å². The number of carbonyl (C=O) groups excluding carboxylic acids is 1. The van der Waals surface area contributed by atoms with E-state index in [1.54, 1.807) is 0 Å². The van der Waals surface area contributed by atoms with Crippen molar-refractivity contribution in [3.8, 4) is 0 Å². The highest BCUT2D eigenvalue weighted by molar-refractivity contribution is 5.92. The van der Waals surface area contributed by atoms with Crippen LogP contribution >= 0.6 is 0 Å². The third-order valence-corrected chi connectivity index (χ3v) is 1.92. The number of amides is 1. The van der Waals surface area contributed by atoms with Crippen LogP contribution in [0, 0.1) is 5.82 Å². The summed E-state index contributed by atoms with van der Waals surface area (Å²) in [5.41, 5.74) is 0.228. The molecule has 0 fully saturated rings. The minimum absolute atomic E-state index is 0.228. The first-order valence-corrected chi connectivity index (χ1v) is 5.22. The minimum atomic E-state index is -0.446. The van der Waals surface area contributed by atoms with Crippen molar-refractivity contribution in [3.63, 3.8) is 0 Å². The summed E-state index contributed by atoms with van der Waals surface area (Å²) < 4.78 is 12.5. The summed E-state index contributed by atoms with van der Waals surface area (Å²) in [6.45, 7) is 5.29. The Hall–Kier alpha value is -1.49. The highest BCUT2D eigenvalue weighted by Crippen LogP contribution is 1.97. The van der Waals surface area contributed by atoms with Gasteiger partial charge in [-0.05, 0) is 12.1 Å². The molecule has 0 aromatic carbocycles. The zero-order chi connectivity index (χ0) is 12.0. The van der Waals surface area contributed by atoms with Crippen molar-refractivity contribution in [3.05, 3.63) is 29.8 Å². The number of carbonyl (C=O) groups is 1. The van der Waals surface area contributed by atoms with Crippen LogP contribution in [0.15, 0.2) is 18.3 Å². The molecule has 0 aliphatic carbocycles. The molecule has 0 spiro atoms. The summed E-state index contributed by atoms with van der Waals surface area (Å²) >= 11 is 0. The van der Waals surface area contributed by atoms with Gasteiger partial charge in [-0.3, -0.25) is 4.79 Å². The quantitative estimate of drug-likeness (QED) is 0.733. The zero-order valence-electron chi connectivity index (χ0n) is 9.46. The summed E-state index contributed by atoms with van der Waals surface area (Å²) in [6.07, 6.45) is 1.03. The predicted octanol–water partition coefficient (Wildman–Crippen LogP) is 0.948. The molecule has 16 heavy (non-hydrogen) atoms. The Morgan fingerprint density at radius 1 is 1.44 bits per heavy atom. The first-order valence-electron chi connectivity index (χ1n) is 5.22. The van der Waals surface area contributed by atoms with E-state index in [2.05, 4.69) is 15.6 Å². The van der Waals surface area contributed by atoms with E-state index in [9.17, 15) is 9.18 Å². The Labute approximate surface area is 94.3 Å². The highest BCUT2D eigenvalue weighted by atomic mass is 19.1. The molecule has 0 radical (unpaired) electrons. The van der Waals surface area contributed by atoms with Gasteiger partial charge >= 0.3 is 0 Å². The first-order chi connectivity index (χ1) is 7.59. The van der Waals surface area contributed by atoms with Crippen LogP contribution in [0.3, 0.4) is 0 Å². The topological polar surface area (TPSA) is 54.0 Å². The monoisotopic (exact) mass is 225 g/mol. The second-order valence-electron chi connectivity index (χ2n) is 3.73. The molecule has 5 heteroatoms. The van der Waals surface area contributed by atoms with Crippen LogP contribution in [-0.4, -0.2) is 30.0 Å². The van der Waals surface area contributed by atoms with Gasteiger partial charge in [0.2, 0.25) is 0 Å². The standard InChI is InChI=1S/C11H16FN3O/c1-8(2)13-5-6-14-11(16)10-4-3-9(12)7-15-10/h3-4,7-8,13H,5-6H2,1-2H3,(H,14,16). The molecule has 0 saturated carbocycles. The van der Waals surface area contributed by atoms with Crippen molar-refractivity contribution in [2.24, 2.45) is 0 Å². The molecule has 0 bridgehead atoms. The maximum atomic E-state index is 12.5. The van der Waals surface area contributed by atoms with Crippen molar-refractivity contribution in [2.45, 2.75) is 19.9 Å². The fourth-order valence-corrected chi connectivity index (χ4v) is 1.14. The first kappa shape index (κ1) is 12.6. The normalized spacial score (nSPS) is 10.5. The Kier molecular flexibility index (Phi) is 4.85. The molecule has 0 unspecified atom stereocenters. The van der Waals surface area contributed by atoms with Gasteiger partial charge in [0.15, 0.2) is 0 Å². The van der Waals surface area contributed by atoms with E-state index in [1.807, 2.05) is 13.8 Å². The van der Waals surface area contributed by atoms with E-state index in [4.69, 9.17) is 0 Å². The van der Waals surface area contributed by atoms with Crippen LogP contribution in [-0.2, 0) is 0 Å². The van der Waals surface area contributed by atoms with Gasteiger partial charge in [0.25, 0.3) is 5.91 Å². The Morgan fingerprint density at radius 3 is 2.75 bits per heavy atom. The highest BCUT2D eigenvalue weighted by Gasteiger charge is 2.05. The van der Waals surface area contributed by atoms with Gasteiger partial charge in [0, 0.05) is 19.1 Å². The second kappa shape index (κ2) is 6.17. The molecule has 1 amide bonds. The number of pyridine rings is 1. The molecule has 1 aromatic heterocycles. The number of halogens is 1. The lowest BCUT2D eigenvalue weighted by Gasteiger charge is -2.08. The molecule has 1 aromatic rings. The van der Waals surface area contributed by atoms with Gasteiger partial charge in [0.05, 0.1) is 6.20 Å². The second-order valence-corrected chi connectivity index (χ2v) is 3.73. The average Bonchev–Trinajstić information content (AvgIpc) is 2.25. The van der Waals surface area contributed by atoms with E-state index >= 15 is 0 Å². The molecule has 0 atom stereocenters. The lowest BCUT2D eigenvalue weighted by Crippen LogP contribution is -2.34. The van der Waals surface area contributed by atoms with Gasteiger partial charge in [-0.2, -0.15) is 0 Å². The maximum absolute atomic E-state index is 12.5. The van der Waals surface area contributed by atoms with Gasteiger partial charge in [-0.1, -0.05) is 13.8 Å². The van der Waals surface area contributed by atoms with Crippen molar-refractivity contribution in [2.75, 3.05) is 13.1 Å². The van der Waals surface area contributed by atoms with Gasteiger partial charge in [-0.15, -0.1) is 0 Å². The maximum Gasteiger partial charge on any atom is 0.269 e. The number of hydrogen-bond donors (Lipinski definition) is 2. The molecular formula is C11H16FN3O. The van der Waals surface area contributed by atoms with Crippen LogP contribution in [0.4, 0.5) is 4.39 Å². The number of hydrogen-bond acceptors (Lipinski definition) is 3. The average molecular weight is 225 g/mol. The van der Waals surface area contributed by atoms with Crippen LogP contribution in [0.25, 0.3) is 0 Å². The van der Waals surface area contributed by atoms with Crippen molar-refractivity contribution >= 4 is 5.91 Å². The van der Waals surface area contributed by atoms with Crippen LogP contribution < -0.4 is 10.6 Å². The third-order valence-electron chi connectivity index (χ3n) is 1.92. The van der Waals surface area contributed by atoms with Crippen LogP contribution in [0.5, 0.6) is 0 Å². The van der Waals surface area contributed by atoms with Crippen molar-refractivity contribution < 1.29 is 9.18 Å². The molecule has 0 saturated heterocycles. The SMILES string of the molecule is CC(C)NCCNC(=O)c1ccc(F)cn1. The van der Waals surface area contributed by atoms with E-state index < -0.39 is 5.82 Å². The lowest BCUT2D eigenvalue weighted by atomic mass is 10.3. The number of nitrogens with zero attached hydrogens (tertiary/aromatic N) is 1. The number of rotatable bonds is 5. The summed E-state index contributed by atoms with van der Waals surface area (Å²) in [5.74, 6) is -0.733. The fourth-order valence-electron chi connectivity index (χ4n) is 1.14. The summed E-state index contributed by atoms with van der Waals surface area (Å²) in [7, 11) is 0. The summed E-state index contributed by atoms with van der Waals surface area (Å²) in [6, 6.07) is 2.97. The van der Waals surface area contributed by atoms with Gasteiger partial charge < -0.3 is 10.6 Å². The molecule has 88 valence electrons. The Morgan fingerprint density at radius 2 is 2.19 bits per heavy atom. The number of aromatic nitrogens is 1. The molecule has 0 aliphatic heterocycles. The number of nitrogens with one attached hydrogen (secondary N) is 2. The van der Waals surface area contributed by atoms with E-state index in [-0.39, 0.29) is 11.6 Å². The third kappa shape index (κ3) is 4.35. The van der Waals surface area contributed by atoms with E-state index in [1.165, 1.54) is 12.1 Å². The van der Waals surface area contributed by atoms with Crippen molar-refractivity contribution in [1.29, 1.82) is 0 Å². The molecule has 2 N–H and O–H groups in total. The molecule has 4 nitrogen and oxygen atoms in total. The summed E-state index contributed by atoms with van der Waals surface area (Å²) in [5, 5.41) is 5.85. The lowest BCUT2D eigenvalue weighted by molar-refractivity contribution is 0.0948. The summed E-state index contributed by atoms with van der Waals surface area (Å²) in [4.78, 5) is 15.2. The Balaban J connectivity index is 2.32.